The summed E-state index contributed by atoms with van der Waals surface area (Å²) in [4.78, 5) is 0. The number of nitrogens with two attached hydrogens (primary N) is 1. The van der Waals surface area contributed by atoms with Crippen LogP contribution in [-0.4, -0.2) is 27.7 Å². The van der Waals surface area contributed by atoms with Crippen molar-refractivity contribution in [3.63, 3.8) is 0 Å². The van der Waals surface area contributed by atoms with Crippen molar-refractivity contribution in [3.8, 4) is 0 Å². The number of nitrogens with one attached hydrogen (secondary N) is 1. The zero-order valence-corrected chi connectivity index (χ0v) is 10.4. The lowest BCUT2D eigenvalue weighted by Gasteiger charge is -2.32. The maximum Gasteiger partial charge on any atom is 0.0929 e. The fourth-order valence-corrected chi connectivity index (χ4v) is 1.63. The number of nitrogens with zero attached hydrogens (tertiary/aromatic N) is 3. The van der Waals surface area contributed by atoms with E-state index in [1.165, 1.54) is 0 Å². The van der Waals surface area contributed by atoms with Gasteiger partial charge in [-0.1, -0.05) is 12.1 Å². The Morgan fingerprint density at radius 1 is 1.62 bits per heavy atom. The standard InChI is InChI=1S/C10H21N5O/c1-5-6-15-8(7-12-14-15)9(13-11)10(2,3)16-4/h7,9,13H,5-6,11H2,1-4H3. The molecule has 0 aliphatic heterocycles. The van der Waals surface area contributed by atoms with Crippen LogP contribution in [0.15, 0.2) is 6.20 Å². The molecule has 1 aromatic heterocycles. The summed E-state index contributed by atoms with van der Waals surface area (Å²) in [6, 6.07) is -0.140. The average Bonchev–Trinajstić information content (AvgIpc) is 2.68. The van der Waals surface area contributed by atoms with Crippen molar-refractivity contribution in [2.45, 2.75) is 45.4 Å². The first-order valence-corrected chi connectivity index (χ1v) is 5.46. The number of hydrazine groups is 1. The minimum Gasteiger partial charge on any atom is -0.377 e. The number of hydrogen-bond donors (Lipinski definition) is 2. The highest BCUT2D eigenvalue weighted by atomic mass is 16.5. The molecule has 0 aliphatic rings. The molecule has 0 radical (unpaired) electrons. The largest absolute Gasteiger partial charge is 0.377 e. The van der Waals surface area contributed by atoms with Gasteiger partial charge in [0.05, 0.1) is 23.5 Å². The second-order valence-electron chi connectivity index (χ2n) is 4.29. The molecule has 1 aromatic rings. The maximum absolute atomic E-state index is 5.59. The molecule has 3 N–H and O–H groups in total. The van der Waals surface area contributed by atoms with E-state index in [9.17, 15) is 0 Å². The van der Waals surface area contributed by atoms with E-state index in [1.54, 1.807) is 13.3 Å². The van der Waals surface area contributed by atoms with Gasteiger partial charge >= 0.3 is 0 Å². The van der Waals surface area contributed by atoms with Gasteiger partial charge in [-0.3, -0.25) is 5.84 Å². The Morgan fingerprint density at radius 2 is 2.31 bits per heavy atom. The predicted molar refractivity (Wildman–Crippen MR) is 61.5 cm³/mol. The van der Waals surface area contributed by atoms with Crippen LogP contribution >= 0.6 is 0 Å². The molecule has 1 rings (SSSR count). The van der Waals surface area contributed by atoms with Gasteiger partial charge in [0.25, 0.3) is 0 Å². The quantitative estimate of drug-likeness (QED) is 0.550. The van der Waals surface area contributed by atoms with E-state index in [2.05, 4.69) is 22.7 Å². The van der Waals surface area contributed by atoms with Crippen molar-refractivity contribution in [1.82, 2.24) is 20.4 Å². The van der Waals surface area contributed by atoms with Gasteiger partial charge < -0.3 is 4.74 Å². The molecule has 0 spiro atoms. The molecular formula is C10H21N5O. The molecule has 0 aromatic carbocycles. The van der Waals surface area contributed by atoms with Crippen LogP contribution in [0.25, 0.3) is 0 Å². The third kappa shape index (κ3) is 2.58. The monoisotopic (exact) mass is 227 g/mol. The first-order chi connectivity index (χ1) is 7.56. The van der Waals surface area contributed by atoms with E-state index in [1.807, 2.05) is 18.5 Å². The summed E-state index contributed by atoms with van der Waals surface area (Å²) in [6.07, 6.45) is 2.72. The van der Waals surface area contributed by atoms with Crippen LogP contribution in [-0.2, 0) is 11.3 Å². The molecule has 16 heavy (non-hydrogen) atoms. The topological polar surface area (TPSA) is 78.0 Å². The molecule has 0 saturated carbocycles. The maximum atomic E-state index is 5.59. The van der Waals surface area contributed by atoms with Gasteiger partial charge in [0.2, 0.25) is 0 Å². The second-order valence-corrected chi connectivity index (χ2v) is 4.29. The SMILES string of the molecule is CCCn1nncc1C(NN)C(C)(C)OC. The number of aryl methyl sites for hydroxylation is 1. The molecule has 1 atom stereocenters. The normalized spacial score (nSPS) is 14.1. The number of ether oxygens (including phenoxy) is 1. The van der Waals surface area contributed by atoms with Gasteiger partial charge in [-0.2, -0.15) is 0 Å². The summed E-state index contributed by atoms with van der Waals surface area (Å²) in [5, 5.41) is 7.96. The van der Waals surface area contributed by atoms with Crippen LogP contribution < -0.4 is 11.3 Å². The van der Waals surface area contributed by atoms with Gasteiger partial charge in [-0.25, -0.2) is 10.1 Å². The average molecular weight is 227 g/mol. The highest BCUT2D eigenvalue weighted by Crippen LogP contribution is 2.26. The summed E-state index contributed by atoms with van der Waals surface area (Å²) in [6.45, 7) is 6.87. The third-order valence-corrected chi connectivity index (χ3v) is 2.77. The van der Waals surface area contributed by atoms with Crippen molar-refractivity contribution in [2.24, 2.45) is 5.84 Å². The van der Waals surface area contributed by atoms with Crippen molar-refractivity contribution in [3.05, 3.63) is 11.9 Å². The van der Waals surface area contributed by atoms with Gasteiger partial charge in [-0.05, 0) is 20.3 Å². The Hall–Kier alpha value is -0.980. The van der Waals surface area contributed by atoms with Crippen LogP contribution in [0.5, 0.6) is 0 Å². The number of rotatable bonds is 6. The Kier molecular flexibility index (Phi) is 4.40. The summed E-state index contributed by atoms with van der Waals surface area (Å²) in [7, 11) is 1.66. The van der Waals surface area contributed by atoms with Crippen LogP contribution in [0, 0.1) is 0 Å². The molecule has 0 bridgehead atoms. The lowest BCUT2D eigenvalue weighted by atomic mass is 9.96. The van der Waals surface area contributed by atoms with E-state index in [0.717, 1.165) is 18.7 Å². The fraction of sp³-hybridized carbons (Fsp3) is 0.800. The van der Waals surface area contributed by atoms with Crippen LogP contribution in [0.4, 0.5) is 0 Å². The predicted octanol–water partition coefficient (Wildman–Crippen LogP) is 0.617. The highest BCUT2D eigenvalue weighted by molar-refractivity contribution is 5.08. The third-order valence-electron chi connectivity index (χ3n) is 2.77. The molecule has 6 heteroatoms. The van der Waals surface area contributed by atoms with Crippen molar-refractivity contribution in [1.29, 1.82) is 0 Å². The number of methoxy groups -OCH3 is 1. The molecule has 0 saturated heterocycles. The molecule has 0 aliphatic carbocycles. The van der Waals surface area contributed by atoms with Crippen molar-refractivity contribution < 1.29 is 4.74 Å². The second kappa shape index (κ2) is 5.38. The van der Waals surface area contributed by atoms with E-state index < -0.39 is 5.60 Å². The summed E-state index contributed by atoms with van der Waals surface area (Å²) in [5.74, 6) is 5.59. The smallest absolute Gasteiger partial charge is 0.0929 e. The Balaban J connectivity index is 2.99. The van der Waals surface area contributed by atoms with E-state index in [-0.39, 0.29) is 6.04 Å². The van der Waals surface area contributed by atoms with E-state index in [0.29, 0.717) is 0 Å². The van der Waals surface area contributed by atoms with Crippen LogP contribution in [0.3, 0.4) is 0 Å². The van der Waals surface area contributed by atoms with Gasteiger partial charge in [-0.15, -0.1) is 5.10 Å². The highest BCUT2D eigenvalue weighted by Gasteiger charge is 2.32. The van der Waals surface area contributed by atoms with Crippen LogP contribution in [0.2, 0.25) is 0 Å². The Morgan fingerprint density at radius 3 is 2.81 bits per heavy atom. The van der Waals surface area contributed by atoms with Crippen molar-refractivity contribution in [2.75, 3.05) is 7.11 Å². The van der Waals surface area contributed by atoms with Crippen molar-refractivity contribution >= 4 is 0 Å². The lowest BCUT2D eigenvalue weighted by molar-refractivity contribution is -0.0136. The summed E-state index contributed by atoms with van der Waals surface area (Å²) >= 11 is 0. The van der Waals surface area contributed by atoms with Gasteiger partial charge in [0, 0.05) is 13.7 Å². The first kappa shape index (κ1) is 13.1. The van der Waals surface area contributed by atoms with E-state index in [4.69, 9.17) is 10.6 Å². The Bertz CT molecular complexity index is 323. The molecule has 6 nitrogen and oxygen atoms in total. The molecule has 92 valence electrons. The first-order valence-electron chi connectivity index (χ1n) is 5.46. The summed E-state index contributed by atoms with van der Waals surface area (Å²) < 4.78 is 7.29. The zero-order chi connectivity index (χ0) is 12.2. The molecule has 0 amide bonds. The molecule has 1 unspecified atom stereocenters. The summed E-state index contributed by atoms with van der Waals surface area (Å²) in [5.41, 5.74) is 3.29. The van der Waals surface area contributed by atoms with Crippen LogP contribution in [0.1, 0.15) is 38.9 Å². The molecular weight excluding hydrogens is 206 g/mol. The fourth-order valence-electron chi connectivity index (χ4n) is 1.63. The Labute approximate surface area is 96.1 Å². The minimum atomic E-state index is -0.415. The van der Waals surface area contributed by atoms with E-state index >= 15 is 0 Å². The lowest BCUT2D eigenvalue weighted by Crippen LogP contribution is -2.45. The molecule has 0 fully saturated rings. The van der Waals surface area contributed by atoms with Gasteiger partial charge in [0.1, 0.15) is 0 Å². The number of hydrogen-bond acceptors (Lipinski definition) is 5. The minimum absolute atomic E-state index is 0.140. The zero-order valence-electron chi connectivity index (χ0n) is 10.4. The van der Waals surface area contributed by atoms with Gasteiger partial charge in [0.15, 0.2) is 0 Å². The molecule has 1 heterocycles. The number of aromatic nitrogens is 3.